The summed E-state index contributed by atoms with van der Waals surface area (Å²) in [6.45, 7) is 5.36. The van der Waals surface area contributed by atoms with Crippen LogP contribution in [0.4, 0.5) is 5.82 Å². The largest absolute Gasteiger partial charge is 0.396 e. The second kappa shape index (κ2) is 7.60. The van der Waals surface area contributed by atoms with Gasteiger partial charge in [-0.05, 0) is 31.4 Å². The van der Waals surface area contributed by atoms with Gasteiger partial charge in [0.25, 0.3) is 5.91 Å². The molecule has 0 aromatic carbocycles. The van der Waals surface area contributed by atoms with E-state index in [9.17, 15) is 4.79 Å². The van der Waals surface area contributed by atoms with Gasteiger partial charge in [-0.2, -0.15) is 0 Å². The SMILES string of the molecule is CCNC(=O)c1ccc(NCC(C)CCO)nn1. The molecular weight excluding hydrogens is 232 g/mol. The Morgan fingerprint density at radius 1 is 1.44 bits per heavy atom. The Balaban J connectivity index is 2.47. The molecule has 1 amide bonds. The van der Waals surface area contributed by atoms with E-state index < -0.39 is 0 Å². The number of aliphatic hydroxyl groups is 1. The fraction of sp³-hybridized carbons (Fsp3) is 0.583. The molecule has 0 spiro atoms. The molecule has 0 aliphatic rings. The fourth-order valence-corrected chi connectivity index (χ4v) is 1.40. The van der Waals surface area contributed by atoms with Crippen LogP contribution in [0.15, 0.2) is 12.1 Å². The molecule has 100 valence electrons. The van der Waals surface area contributed by atoms with Crippen LogP contribution in [0.1, 0.15) is 30.8 Å². The Labute approximate surface area is 107 Å². The molecule has 1 heterocycles. The fourth-order valence-electron chi connectivity index (χ4n) is 1.40. The Bertz CT molecular complexity index is 367. The molecule has 18 heavy (non-hydrogen) atoms. The van der Waals surface area contributed by atoms with Crippen molar-refractivity contribution in [2.24, 2.45) is 5.92 Å². The Hall–Kier alpha value is -1.69. The van der Waals surface area contributed by atoms with Crippen LogP contribution in [0.3, 0.4) is 0 Å². The molecule has 0 aliphatic carbocycles. The Kier molecular flexibility index (Phi) is 6.07. The predicted molar refractivity (Wildman–Crippen MR) is 69.4 cm³/mol. The molecule has 1 unspecified atom stereocenters. The second-order valence-corrected chi connectivity index (χ2v) is 4.16. The minimum Gasteiger partial charge on any atom is -0.396 e. The van der Waals surface area contributed by atoms with Crippen LogP contribution in [0.5, 0.6) is 0 Å². The minimum absolute atomic E-state index is 0.185. The van der Waals surface area contributed by atoms with E-state index in [1.807, 2.05) is 13.8 Å². The van der Waals surface area contributed by atoms with Gasteiger partial charge in [-0.15, -0.1) is 10.2 Å². The standard InChI is InChI=1S/C12H20N4O2/c1-3-13-12(18)10-4-5-11(16-15-10)14-8-9(2)6-7-17/h4-5,9,17H,3,6-8H2,1-2H3,(H,13,18)(H,14,16). The van der Waals surface area contributed by atoms with Crippen LogP contribution >= 0.6 is 0 Å². The lowest BCUT2D eigenvalue weighted by molar-refractivity contribution is 0.0950. The van der Waals surface area contributed by atoms with Gasteiger partial charge in [0.15, 0.2) is 5.69 Å². The van der Waals surface area contributed by atoms with Crippen LogP contribution in [0.2, 0.25) is 0 Å². The second-order valence-electron chi connectivity index (χ2n) is 4.16. The quantitative estimate of drug-likeness (QED) is 0.663. The maximum absolute atomic E-state index is 11.4. The maximum Gasteiger partial charge on any atom is 0.271 e. The zero-order valence-electron chi connectivity index (χ0n) is 10.8. The summed E-state index contributed by atoms with van der Waals surface area (Å²) < 4.78 is 0. The highest BCUT2D eigenvalue weighted by Gasteiger charge is 2.07. The average Bonchev–Trinajstić information content (AvgIpc) is 2.37. The third kappa shape index (κ3) is 4.67. The Morgan fingerprint density at radius 3 is 2.78 bits per heavy atom. The lowest BCUT2D eigenvalue weighted by Gasteiger charge is -2.11. The number of amides is 1. The lowest BCUT2D eigenvalue weighted by atomic mass is 10.1. The van der Waals surface area contributed by atoms with E-state index in [-0.39, 0.29) is 12.5 Å². The number of hydrogen-bond donors (Lipinski definition) is 3. The first-order valence-electron chi connectivity index (χ1n) is 6.14. The third-order valence-electron chi connectivity index (χ3n) is 2.49. The van der Waals surface area contributed by atoms with Gasteiger partial charge in [-0.3, -0.25) is 4.79 Å². The number of aromatic nitrogens is 2. The van der Waals surface area contributed by atoms with Gasteiger partial charge in [0, 0.05) is 19.7 Å². The normalized spacial score (nSPS) is 11.9. The number of hydrogen-bond acceptors (Lipinski definition) is 5. The zero-order chi connectivity index (χ0) is 13.4. The number of carbonyl (C=O) groups excluding carboxylic acids is 1. The van der Waals surface area contributed by atoms with E-state index in [0.29, 0.717) is 24.0 Å². The van der Waals surface area contributed by atoms with E-state index >= 15 is 0 Å². The van der Waals surface area contributed by atoms with Gasteiger partial charge in [0.1, 0.15) is 5.82 Å². The summed E-state index contributed by atoms with van der Waals surface area (Å²) in [5.41, 5.74) is 0.311. The van der Waals surface area contributed by atoms with E-state index in [4.69, 9.17) is 5.11 Å². The summed E-state index contributed by atoms with van der Waals surface area (Å²) in [6, 6.07) is 3.36. The number of nitrogens with zero attached hydrogens (tertiary/aromatic N) is 2. The molecule has 0 bridgehead atoms. The molecular formula is C12H20N4O2. The highest BCUT2D eigenvalue weighted by Crippen LogP contribution is 2.05. The van der Waals surface area contributed by atoms with Crippen molar-refractivity contribution >= 4 is 11.7 Å². The van der Waals surface area contributed by atoms with Crippen molar-refractivity contribution in [3.8, 4) is 0 Å². The molecule has 6 nitrogen and oxygen atoms in total. The van der Waals surface area contributed by atoms with E-state index in [1.165, 1.54) is 0 Å². The van der Waals surface area contributed by atoms with Gasteiger partial charge in [0.05, 0.1) is 0 Å². The zero-order valence-corrected chi connectivity index (χ0v) is 10.8. The highest BCUT2D eigenvalue weighted by molar-refractivity contribution is 5.92. The van der Waals surface area contributed by atoms with Crippen molar-refractivity contribution in [1.82, 2.24) is 15.5 Å². The smallest absolute Gasteiger partial charge is 0.271 e. The van der Waals surface area contributed by atoms with Crippen molar-refractivity contribution < 1.29 is 9.90 Å². The van der Waals surface area contributed by atoms with Crippen molar-refractivity contribution in [3.05, 3.63) is 17.8 Å². The van der Waals surface area contributed by atoms with Crippen molar-refractivity contribution in [1.29, 1.82) is 0 Å². The molecule has 1 aromatic heterocycles. The van der Waals surface area contributed by atoms with Gasteiger partial charge in [0.2, 0.25) is 0 Å². The summed E-state index contributed by atoms with van der Waals surface area (Å²) in [6.07, 6.45) is 0.747. The van der Waals surface area contributed by atoms with Crippen molar-refractivity contribution in [3.63, 3.8) is 0 Å². The van der Waals surface area contributed by atoms with Crippen LogP contribution in [-0.4, -0.2) is 40.9 Å². The summed E-state index contributed by atoms with van der Waals surface area (Å²) >= 11 is 0. The number of aliphatic hydroxyl groups excluding tert-OH is 1. The van der Waals surface area contributed by atoms with Gasteiger partial charge >= 0.3 is 0 Å². The number of anilines is 1. The predicted octanol–water partition coefficient (Wildman–Crippen LogP) is 0.657. The van der Waals surface area contributed by atoms with E-state index in [0.717, 1.165) is 13.0 Å². The number of carbonyl (C=O) groups is 1. The first kappa shape index (κ1) is 14.4. The highest BCUT2D eigenvalue weighted by atomic mass is 16.3. The molecule has 0 aliphatic heterocycles. The molecule has 1 aromatic rings. The summed E-state index contributed by atoms with van der Waals surface area (Å²) in [5, 5.41) is 22.3. The first-order valence-corrected chi connectivity index (χ1v) is 6.14. The van der Waals surface area contributed by atoms with Crippen LogP contribution in [0, 0.1) is 5.92 Å². The molecule has 6 heteroatoms. The molecule has 0 saturated heterocycles. The molecule has 0 radical (unpaired) electrons. The monoisotopic (exact) mass is 252 g/mol. The third-order valence-corrected chi connectivity index (χ3v) is 2.49. The van der Waals surface area contributed by atoms with Crippen LogP contribution < -0.4 is 10.6 Å². The summed E-state index contributed by atoms with van der Waals surface area (Å²) in [7, 11) is 0. The molecule has 0 saturated carbocycles. The van der Waals surface area contributed by atoms with E-state index in [2.05, 4.69) is 20.8 Å². The molecule has 0 fully saturated rings. The van der Waals surface area contributed by atoms with Crippen molar-refractivity contribution in [2.45, 2.75) is 20.3 Å². The van der Waals surface area contributed by atoms with E-state index in [1.54, 1.807) is 12.1 Å². The number of rotatable bonds is 7. The molecule has 1 atom stereocenters. The van der Waals surface area contributed by atoms with Crippen LogP contribution in [-0.2, 0) is 0 Å². The lowest BCUT2D eigenvalue weighted by Crippen LogP contribution is -2.24. The minimum atomic E-state index is -0.217. The van der Waals surface area contributed by atoms with Gasteiger partial charge < -0.3 is 15.7 Å². The van der Waals surface area contributed by atoms with Crippen molar-refractivity contribution in [2.75, 3.05) is 25.0 Å². The average molecular weight is 252 g/mol. The molecule has 3 N–H and O–H groups in total. The summed E-state index contributed by atoms with van der Waals surface area (Å²) in [4.78, 5) is 11.4. The number of nitrogens with one attached hydrogen (secondary N) is 2. The molecule has 1 rings (SSSR count). The first-order chi connectivity index (χ1) is 8.67. The van der Waals surface area contributed by atoms with Gasteiger partial charge in [-0.1, -0.05) is 6.92 Å². The Morgan fingerprint density at radius 2 is 2.22 bits per heavy atom. The topological polar surface area (TPSA) is 87.1 Å². The maximum atomic E-state index is 11.4. The van der Waals surface area contributed by atoms with Gasteiger partial charge in [-0.25, -0.2) is 0 Å². The summed E-state index contributed by atoms with van der Waals surface area (Å²) in [5.74, 6) is 0.776. The van der Waals surface area contributed by atoms with Crippen LogP contribution in [0.25, 0.3) is 0 Å².